The van der Waals surface area contributed by atoms with Gasteiger partial charge in [0.25, 0.3) is 0 Å². The zero-order chi connectivity index (χ0) is 12.4. The van der Waals surface area contributed by atoms with Gasteiger partial charge in [-0.2, -0.15) is 0 Å². The molecule has 1 aromatic carbocycles. The lowest BCUT2D eigenvalue weighted by Crippen LogP contribution is -2.54. The zero-order valence-electron chi connectivity index (χ0n) is 10.2. The summed E-state index contributed by atoms with van der Waals surface area (Å²) in [6.45, 7) is 7.22. The van der Waals surface area contributed by atoms with Crippen molar-refractivity contribution in [2.75, 3.05) is 13.1 Å². The van der Waals surface area contributed by atoms with Gasteiger partial charge in [-0.05, 0) is 37.6 Å². The summed E-state index contributed by atoms with van der Waals surface area (Å²) in [5, 5.41) is 3.40. The minimum absolute atomic E-state index is 0.176. The molecule has 1 aliphatic heterocycles. The van der Waals surface area contributed by atoms with Crippen molar-refractivity contribution < 1.29 is 4.39 Å². The third-order valence-corrected chi connectivity index (χ3v) is 3.76. The predicted octanol–water partition coefficient (Wildman–Crippen LogP) is 2.77. The molecule has 0 bridgehead atoms. The summed E-state index contributed by atoms with van der Waals surface area (Å²) in [5.41, 5.74) is 1.03. The first kappa shape index (κ1) is 13.0. The molecule has 2 atom stereocenters. The Balaban J connectivity index is 2.13. The van der Waals surface area contributed by atoms with Crippen LogP contribution in [0.5, 0.6) is 0 Å². The van der Waals surface area contributed by atoms with Gasteiger partial charge in [0.1, 0.15) is 5.82 Å². The fourth-order valence-electron chi connectivity index (χ4n) is 2.39. The zero-order valence-corrected chi connectivity index (χ0v) is 11.8. The van der Waals surface area contributed by atoms with Crippen LogP contribution in [0.4, 0.5) is 4.39 Å². The van der Waals surface area contributed by atoms with E-state index in [2.05, 4.69) is 40.0 Å². The molecule has 1 N–H and O–H groups in total. The summed E-state index contributed by atoms with van der Waals surface area (Å²) < 4.78 is 14.1. The highest BCUT2D eigenvalue weighted by Gasteiger charge is 2.24. The molecule has 1 saturated heterocycles. The molecule has 2 nitrogen and oxygen atoms in total. The van der Waals surface area contributed by atoms with Gasteiger partial charge in [-0.15, -0.1) is 0 Å². The molecule has 17 heavy (non-hydrogen) atoms. The van der Waals surface area contributed by atoms with Crippen LogP contribution in [0.15, 0.2) is 22.7 Å². The van der Waals surface area contributed by atoms with Crippen LogP contribution >= 0.6 is 15.9 Å². The highest BCUT2D eigenvalue weighted by atomic mass is 79.9. The van der Waals surface area contributed by atoms with E-state index in [-0.39, 0.29) is 5.82 Å². The van der Waals surface area contributed by atoms with E-state index in [1.807, 2.05) is 6.07 Å². The maximum atomic E-state index is 13.3. The summed E-state index contributed by atoms with van der Waals surface area (Å²) in [7, 11) is 0. The number of hydrogen-bond donors (Lipinski definition) is 1. The van der Waals surface area contributed by atoms with Gasteiger partial charge in [0, 0.05) is 36.2 Å². The molecule has 0 radical (unpaired) electrons. The van der Waals surface area contributed by atoms with E-state index < -0.39 is 0 Å². The van der Waals surface area contributed by atoms with E-state index in [9.17, 15) is 4.39 Å². The van der Waals surface area contributed by atoms with Gasteiger partial charge in [-0.25, -0.2) is 4.39 Å². The minimum atomic E-state index is -0.176. The predicted molar refractivity (Wildman–Crippen MR) is 71.4 cm³/mol. The van der Waals surface area contributed by atoms with Gasteiger partial charge in [-0.3, -0.25) is 4.90 Å². The highest BCUT2D eigenvalue weighted by Crippen LogP contribution is 2.19. The van der Waals surface area contributed by atoms with Crippen molar-refractivity contribution in [3.63, 3.8) is 0 Å². The molecule has 2 rings (SSSR count). The van der Waals surface area contributed by atoms with Crippen molar-refractivity contribution in [2.45, 2.75) is 32.5 Å². The molecule has 0 aliphatic carbocycles. The molecule has 1 fully saturated rings. The van der Waals surface area contributed by atoms with E-state index in [1.54, 1.807) is 6.07 Å². The fourth-order valence-corrected chi connectivity index (χ4v) is 2.91. The highest BCUT2D eigenvalue weighted by molar-refractivity contribution is 9.10. The van der Waals surface area contributed by atoms with E-state index in [0.717, 1.165) is 29.7 Å². The van der Waals surface area contributed by atoms with Crippen LogP contribution in [0, 0.1) is 5.82 Å². The number of halogens is 2. The van der Waals surface area contributed by atoms with Crippen molar-refractivity contribution in [1.29, 1.82) is 0 Å². The SMILES string of the molecule is CC1CNCC(C)N1Cc1cc(F)cc(Br)c1. The van der Waals surface area contributed by atoms with E-state index >= 15 is 0 Å². The monoisotopic (exact) mass is 300 g/mol. The Hall–Kier alpha value is -0.450. The number of piperazine rings is 1. The Morgan fingerprint density at radius 1 is 1.29 bits per heavy atom. The number of benzene rings is 1. The molecule has 1 aliphatic rings. The lowest BCUT2D eigenvalue weighted by atomic mass is 10.1. The van der Waals surface area contributed by atoms with Gasteiger partial charge in [0.2, 0.25) is 0 Å². The maximum absolute atomic E-state index is 13.3. The van der Waals surface area contributed by atoms with Crippen molar-refractivity contribution in [3.8, 4) is 0 Å². The Morgan fingerprint density at radius 2 is 1.94 bits per heavy atom. The van der Waals surface area contributed by atoms with Gasteiger partial charge in [0.05, 0.1) is 0 Å². The molecule has 0 spiro atoms. The average molecular weight is 301 g/mol. The van der Waals surface area contributed by atoms with Crippen molar-refractivity contribution in [1.82, 2.24) is 10.2 Å². The summed E-state index contributed by atoms with van der Waals surface area (Å²) in [6, 6.07) is 6.08. The van der Waals surface area contributed by atoms with E-state index in [1.165, 1.54) is 6.07 Å². The third-order valence-electron chi connectivity index (χ3n) is 3.30. The van der Waals surface area contributed by atoms with E-state index in [4.69, 9.17) is 0 Å². The third kappa shape index (κ3) is 3.27. The summed E-state index contributed by atoms with van der Waals surface area (Å²) >= 11 is 3.34. The lowest BCUT2D eigenvalue weighted by Gasteiger charge is -2.39. The smallest absolute Gasteiger partial charge is 0.124 e. The molecule has 0 saturated carbocycles. The van der Waals surface area contributed by atoms with Crippen molar-refractivity contribution in [3.05, 3.63) is 34.1 Å². The van der Waals surface area contributed by atoms with Crippen LogP contribution < -0.4 is 5.32 Å². The summed E-state index contributed by atoms with van der Waals surface area (Å²) in [6.07, 6.45) is 0. The van der Waals surface area contributed by atoms with Gasteiger partial charge in [0.15, 0.2) is 0 Å². The topological polar surface area (TPSA) is 15.3 Å². The molecule has 0 aromatic heterocycles. The number of hydrogen-bond acceptors (Lipinski definition) is 2. The maximum Gasteiger partial charge on any atom is 0.124 e. The Labute approximate surface area is 110 Å². The van der Waals surface area contributed by atoms with Crippen LogP contribution in [0.1, 0.15) is 19.4 Å². The summed E-state index contributed by atoms with van der Waals surface area (Å²) in [5.74, 6) is -0.176. The van der Waals surface area contributed by atoms with Crippen molar-refractivity contribution >= 4 is 15.9 Å². The van der Waals surface area contributed by atoms with Crippen LogP contribution in [0.2, 0.25) is 0 Å². The minimum Gasteiger partial charge on any atom is -0.314 e. The van der Waals surface area contributed by atoms with Crippen molar-refractivity contribution in [2.24, 2.45) is 0 Å². The second kappa shape index (κ2) is 5.46. The first-order valence-corrected chi connectivity index (χ1v) is 6.77. The van der Waals surface area contributed by atoms with Crippen LogP contribution in [0.3, 0.4) is 0 Å². The Morgan fingerprint density at radius 3 is 2.53 bits per heavy atom. The Bertz CT molecular complexity index is 367. The molecule has 0 amide bonds. The first-order chi connectivity index (χ1) is 8.06. The standard InChI is InChI=1S/C13H18BrFN2/c1-9-6-16-7-10(2)17(9)8-11-3-12(14)5-13(15)4-11/h3-5,9-10,16H,6-8H2,1-2H3. The molecular formula is C13H18BrFN2. The summed E-state index contributed by atoms with van der Waals surface area (Å²) in [4.78, 5) is 2.41. The average Bonchev–Trinajstić information content (AvgIpc) is 2.22. The normalized spacial score (nSPS) is 26.1. The van der Waals surface area contributed by atoms with Gasteiger partial charge in [-0.1, -0.05) is 15.9 Å². The fraction of sp³-hybridized carbons (Fsp3) is 0.538. The largest absolute Gasteiger partial charge is 0.314 e. The lowest BCUT2D eigenvalue weighted by molar-refractivity contribution is 0.108. The van der Waals surface area contributed by atoms with Crippen LogP contribution in [-0.2, 0) is 6.54 Å². The molecule has 2 unspecified atom stereocenters. The Kier molecular flexibility index (Phi) is 4.17. The number of nitrogens with one attached hydrogen (secondary N) is 1. The first-order valence-electron chi connectivity index (χ1n) is 5.97. The van der Waals surface area contributed by atoms with Gasteiger partial charge < -0.3 is 5.32 Å². The second-order valence-corrected chi connectivity index (χ2v) is 5.72. The quantitative estimate of drug-likeness (QED) is 0.903. The molecular weight excluding hydrogens is 283 g/mol. The molecule has 1 heterocycles. The molecule has 4 heteroatoms. The van der Waals surface area contributed by atoms with Crippen LogP contribution in [-0.4, -0.2) is 30.1 Å². The van der Waals surface area contributed by atoms with Gasteiger partial charge >= 0.3 is 0 Å². The van der Waals surface area contributed by atoms with E-state index in [0.29, 0.717) is 12.1 Å². The van der Waals surface area contributed by atoms with Crippen LogP contribution in [0.25, 0.3) is 0 Å². The second-order valence-electron chi connectivity index (χ2n) is 4.81. The molecule has 1 aromatic rings. The molecule has 94 valence electrons. The number of rotatable bonds is 2. The number of nitrogens with zero attached hydrogens (tertiary/aromatic N) is 1.